The maximum atomic E-state index is 9.75. The van der Waals surface area contributed by atoms with Crippen LogP contribution in [0.25, 0.3) is 0 Å². The fraction of sp³-hybridized carbons (Fsp3) is 1.00. The molecule has 0 aliphatic carbocycles. The van der Waals surface area contributed by atoms with Crippen LogP contribution in [0.3, 0.4) is 0 Å². The summed E-state index contributed by atoms with van der Waals surface area (Å²) in [7, 11) is -6.00. The van der Waals surface area contributed by atoms with Crippen molar-refractivity contribution in [2.24, 2.45) is 0 Å². The highest BCUT2D eigenvalue weighted by Crippen LogP contribution is 2.11. The molecule has 0 rings (SSSR count). The van der Waals surface area contributed by atoms with Gasteiger partial charge in [-0.25, -0.2) is 0 Å². The van der Waals surface area contributed by atoms with Crippen molar-refractivity contribution in [3.8, 4) is 0 Å². The fourth-order valence-corrected chi connectivity index (χ4v) is 0.841. The molecule has 0 amide bonds. The highest BCUT2D eigenvalue weighted by Gasteiger charge is 2.22. The van der Waals surface area contributed by atoms with Crippen molar-refractivity contribution in [3.63, 3.8) is 0 Å². The lowest BCUT2D eigenvalue weighted by molar-refractivity contribution is -0.482. The van der Waals surface area contributed by atoms with Gasteiger partial charge in [0.05, 0.1) is 5.54 Å². The van der Waals surface area contributed by atoms with E-state index in [0.717, 1.165) is 19.3 Å². The zero-order valence-corrected chi connectivity index (χ0v) is 8.57. The lowest BCUT2D eigenvalue weighted by atomic mass is 9.91. The van der Waals surface area contributed by atoms with Gasteiger partial charge in [-0.05, 0) is 12.8 Å². The summed E-state index contributed by atoms with van der Waals surface area (Å²) in [5.74, 6) is 0. The first-order chi connectivity index (χ1) is 6.18. The first kappa shape index (κ1) is 16.1. The average molecular weight is 219 g/mol. The van der Waals surface area contributed by atoms with Crippen molar-refractivity contribution in [1.82, 2.24) is 0 Å². The van der Waals surface area contributed by atoms with Crippen molar-refractivity contribution < 1.29 is 28.1 Å². The number of rotatable bonds is 4. The second-order valence-corrected chi connectivity index (χ2v) is 3.18. The van der Waals surface area contributed by atoms with Crippen LogP contribution in [-0.4, -0.2) is 24.5 Å². The van der Waals surface area contributed by atoms with Gasteiger partial charge in [0, 0.05) is 13.0 Å². The van der Waals surface area contributed by atoms with Crippen molar-refractivity contribution in [3.05, 3.63) is 0 Å². The zero-order chi connectivity index (χ0) is 11.8. The molecular weight excluding hydrogens is 201 g/mol. The molecule has 0 radical (unpaired) electrons. The Morgan fingerprint density at radius 3 is 1.50 bits per heavy atom. The van der Waals surface area contributed by atoms with E-state index in [0.29, 0.717) is 0 Å². The van der Waals surface area contributed by atoms with Gasteiger partial charge in [0.25, 0.3) is 0 Å². The Bertz CT molecular complexity index is 132. The summed E-state index contributed by atoms with van der Waals surface area (Å²) in [5, 5.41) is 8.62. The predicted octanol–water partition coefficient (Wildman–Crippen LogP) is 1.47. The Kier molecular flexibility index (Phi) is 8.14. The van der Waals surface area contributed by atoms with E-state index < -0.39 is 7.25 Å². The van der Waals surface area contributed by atoms with Gasteiger partial charge in [0.1, 0.15) is 0 Å². The molecule has 0 aliphatic rings. The summed E-state index contributed by atoms with van der Waals surface area (Å²) in [6.45, 7) is 4.50. The smallest absolute Gasteiger partial charge is 0.418 e. The third-order valence-corrected chi connectivity index (χ3v) is 2.14. The number of hydrogen-bond acceptors (Lipinski definition) is 1. The van der Waals surface area contributed by atoms with Crippen LogP contribution in [0.4, 0.5) is 17.3 Å². The van der Waals surface area contributed by atoms with E-state index >= 15 is 0 Å². The fourth-order valence-electron chi connectivity index (χ4n) is 0.841. The second-order valence-electron chi connectivity index (χ2n) is 3.18. The molecule has 88 valence electrons. The van der Waals surface area contributed by atoms with Crippen LogP contribution in [0.15, 0.2) is 0 Å². The Morgan fingerprint density at radius 1 is 1.14 bits per heavy atom. The molecule has 2 nitrogen and oxygen atoms in total. The highest BCUT2D eigenvalue weighted by molar-refractivity contribution is 6.50. The molecule has 0 bridgehead atoms. The van der Waals surface area contributed by atoms with Gasteiger partial charge in [-0.3, -0.25) is 0 Å². The second kappa shape index (κ2) is 7.06. The molecule has 0 aromatic carbocycles. The van der Waals surface area contributed by atoms with Crippen molar-refractivity contribution in [1.29, 1.82) is 0 Å². The first-order valence-corrected chi connectivity index (χ1v) is 4.52. The van der Waals surface area contributed by atoms with E-state index in [9.17, 15) is 17.3 Å². The van der Waals surface area contributed by atoms with Crippen LogP contribution in [-0.2, 0) is 0 Å². The molecular formula is C7H18BF4NO. The Labute approximate surface area is 81.6 Å². The van der Waals surface area contributed by atoms with E-state index in [-0.39, 0.29) is 12.1 Å². The minimum absolute atomic E-state index is 0.134. The SMILES string of the molecule is CCC([NH3+])(CC)CCO.F[B-](F)(F)F. The molecule has 14 heavy (non-hydrogen) atoms. The zero-order valence-electron chi connectivity index (χ0n) is 8.57. The highest BCUT2D eigenvalue weighted by atomic mass is 19.5. The topological polar surface area (TPSA) is 47.9 Å². The number of quaternary nitrogens is 1. The molecule has 0 spiro atoms. The number of halogens is 4. The van der Waals surface area contributed by atoms with Gasteiger partial charge in [-0.1, -0.05) is 13.8 Å². The van der Waals surface area contributed by atoms with Crippen molar-refractivity contribution >= 4 is 7.25 Å². The van der Waals surface area contributed by atoms with Gasteiger partial charge in [0.15, 0.2) is 0 Å². The molecule has 0 atom stereocenters. The van der Waals surface area contributed by atoms with Gasteiger partial charge in [-0.15, -0.1) is 0 Å². The van der Waals surface area contributed by atoms with Crippen LogP contribution >= 0.6 is 0 Å². The largest absolute Gasteiger partial charge is 0.673 e. The molecule has 0 unspecified atom stereocenters. The van der Waals surface area contributed by atoms with Gasteiger partial charge in [0.2, 0.25) is 0 Å². The van der Waals surface area contributed by atoms with Crippen LogP contribution in [0.1, 0.15) is 33.1 Å². The van der Waals surface area contributed by atoms with Crippen LogP contribution < -0.4 is 5.73 Å². The molecule has 4 N–H and O–H groups in total. The Hall–Kier alpha value is -0.295. The Balaban J connectivity index is 0. The predicted molar refractivity (Wildman–Crippen MR) is 48.1 cm³/mol. The molecule has 0 saturated carbocycles. The summed E-state index contributed by atoms with van der Waals surface area (Å²) in [5.41, 5.74) is 4.17. The maximum Gasteiger partial charge on any atom is 0.673 e. The van der Waals surface area contributed by atoms with E-state index in [1.54, 1.807) is 0 Å². The lowest BCUT2D eigenvalue weighted by Crippen LogP contribution is -2.72. The minimum atomic E-state index is -6.00. The summed E-state index contributed by atoms with van der Waals surface area (Å²) in [4.78, 5) is 0. The summed E-state index contributed by atoms with van der Waals surface area (Å²) in [6, 6.07) is 0. The molecule has 7 heteroatoms. The third-order valence-electron chi connectivity index (χ3n) is 2.14. The molecule has 0 heterocycles. The quantitative estimate of drug-likeness (QED) is 0.545. The number of aliphatic hydroxyl groups is 1. The summed E-state index contributed by atoms with van der Waals surface area (Å²) >= 11 is 0. The monoisotopic (exact) mass is 219 g/mol. The molecule has 0 saturated heterocycles. The number of hydrogen-bond donors (Lipinski definition) is 2. The van der Waals surface area contributed by atoms with Crippen molar-refractivity contribution in [2.45, 2.75) is 38.6 Å². The Morgan fingerprint density at radius 2 is 1.43 bits per heavy atom. The van der Waals surface area contributed by atoms with E-state index in [1.165, 1.54) is 0 Å². The molecule has 0 aromatic rings. The van der Waals surface area contributed by atoms with Crippen LogP contribution in [0.2, 0.25) is 0 Å². The maximum absolute atomic E-state index is 9.75. The molecule has 0 fully saturated rings. The average Bonchev–Trinajstić information content (AvgIpc) is 2.02. The molecule has 0 aromatic heterocycles. The van der Waals surface area contributed by atoms with E-state index in [1.807, 2.05) is 0 Å². The van der Waals surface area contributed by atoms with Gasteiger partial charge in [-0.2, -0.15) is 0 Å². The minimum Gasteiger partial charge on any atom is -0.418 e. The van der Waals surface area contributed by atoms with Crippen molar-refractivity contribution in [2.75, 3.05) is 6.61 Å². The summed E-state index contributed by atoms with van der Waals surface area (Å²) in [6.07, 6.45) is 2.95. The summed E-state index contributed by atoms with van der Waals surface area (Å²) < 4.78 is 39.0. The third kappa shape index (κ3) is 14.2. The van der Waals surface area contributed by atoms with E-state index in [2.05, 4.69) is 19.6 Å². The van der Waals surface area contributed by atoms with E-state index in [4.69, 9.17) is 5.11 Å². The van der Waals surface area contributed by atoms with Gasteiger partial charge < -0.3 is 28.1 Å². The van der Waals surface area contributed by atoms with Crippen LogP contribution in [0, 0.1) is 0 Å². The van der Waals surface area contributed by atoms with Crippen LogP contribution in [0.5, 0.6) is 0 Å². The standard InChI is InChI=1S/C7H17NO.BF4/c1-3-7(8,4-2)5-6-9;2-1(3,4)5/h9H,3-6,8H2,1-2H3;/q;-1/p+1. The molecule has 0 aliphatic heterocycles. The first-order valence-electron chi connectivity index (χ1n) is 4.52. The van der Waals surface area contributed by atoms with Gasteiger partial charge >= 0.3 is 7.25 Å². The normalized spacial score (nSPS) is 12.0. The number of aliphatic hydroxyl groups excluding tert-OH is 1. The lowest BCUT2D eigenvalue weighted by Gasteiger charge is -2.20.